The molecule has 0 bridgehead atoms. The summed E-state index contributed by atoms with van der Waals surface area (Å²) in [4.78, 5) is 30.3. The lowest BCUT2D eigenvalue weighted by Crippen LogP contribution is -2.50. The quantitative estimate of drug-likeness (QED) is 0.715. The molecule has 2 N–H and O–H groups in total. The summed E-state index contributed by atoms with van der Waals surface area (Å²) < 4.78 is 43.9. The van der Waals surface area contributed by atoms with E-state index in [9.17, 15) is 18.0 Å². The summed E-state index contributed by atoms with van der Waals surface area (Å²) in [6.07, 6.45) is -2.85. The van der Waals surface area contributed by atoms with Crippen molar-refractivity contribution in [3.8, 4) is 5.88 Å². The Hall–Kier alpha value is -3.18. The van der Waals surface area contributed by atoms with Gasteiger partial charge in [0, 0.05) is 32.0 Å². The molecule has 0 aromatic carbocycles. The van der Waals surface area contributed by atoms with Gasteiger partial charge in [0.25, 0.3) is 0 Å². The predicted molar refractivity (Wildman–Crippen MR) is 111 cm³/mol. The number of nitrogens with one attached hydrogen (secondary N) is 2. The monoisotopic (exact) mass is 451 g/mol. The highest BCUT2D eigenvalue weighted by atomic mass is 19.4. The van der Waals surface area contributed by atoms with E-state index < -0.39 is 11.9 Å². The summed E-state index contributed by atoms with van der Waals surface area (Å²) in [5.74, 6) is 0.986. The van der Waals surface area contributed by atoms with Gasteiger partial charge in [-0.25, -0.2) is 15.0 Å². The largest absolute Gasteiger partial charge is 0.474 e. The van der Waals surface area contributed by atoms with Crippen LogP contribution in [0.1, 0.15) is 38.1 Å². The average Bonchev–Trinajstić information content (AvgIpc) is 2.66. The van der Waals surface area contributed by atoms with Crippen molar-refractivity contribution in [2.24, 2.45) is 5.92 Å². The highest BCUT2D eigenvalue weighted by Gasteiger charge is 2.37. The van der Waals surface area contributed by atoms with Gasteiger partial charge in [-0.2, -0.15) is 18.2 Å². The van der Waals surface area contributed by atoms with E-state index in [4.69, 9.17) is 4.74 Å². The summed E-state index contributed by atoms with van der Waals surface area (Å²) in [6, 6.07) is 0.470. The molecule has 0 saturated heterocycles. The van der Waals surface area contributed by atoms with Crippen molar-refractivity contribution < 1.29 is 22.7 Å². The minimum absolute atomic E-state index is 0.00533. The molecule has 172 valence electrons. The molecule has 4 rings (SSSR count). The van der Waals surface area contributed by atoms with Crippen LogP contribution in [0.4, 0.5) is 30.6 Å². The van der Waals surface area contributed by atoms with E-state index in [2.05, 4.69) is 30.6 Å². The zero-order valence-electron chi connectivity index (χ0n) is 18.1. The third-order valence-corrected chi connectivity index (χ3v) is 5.62. The van der Waals surface area contributed by atoms with E-state index in [0.717, 1.165) is 12.4 Å². The summed E-state index contributed by atoms with van der Waals surface area (Å²) in [5, 5.41) is 6.14. The van der Waals surface area contributed by atoms with Crippen molar-refractivity contribution in [3.05, 3.63) is 23.8 Å². The molecule has 9 nitrogen and oxygen atoms in total. The molecule has 2 aromatic heterocycles. The number of amides is 1. The standard InChI is InChI=1S/C20H24F3N7O2/c1-9(2)16-18(31)28-15-10(3)26-19(29-17(15)30(16)4)27-11-5-12(6-11)32-14-7-13(20(21,22)23)24-8-25-14/h7-9,11-12,16H,5-6H2,1-4H3,(H,28,31)(H,26,27,29)/t11?,12?,16-/m0/s1. The van der Waals surface area contributed by atoms with Crippen molar-refractivity contribution in [2.75, 3.05) is 22.6 Å². The summed E-state index contributed by atoms with van der Waals surface area (Å²) >= 11 is 0. The molecule has 1 amide bonds. The molecule has 1 aliphatic heterocycles. The number of alkyl halides is 3. The van der Waals surface area contributed by atoms with Crippen LogP contribution in [0, 0.1) is 12.8 Å². The van der Waals surface area contributed by atoms with Gasteiger partial charge in [0.2, 0.25) is 17.7 Å². The van der Waals surface area contributed by atoms with Gasteiger partial charge in [-0.1, -0.05) is 13.8 Å². The first-order chi connectivity index (χ1) is 15.0. The number of aryl methyl sites for hydroxylation is 1. The number of ether oxygens (including phenoxy) is 1. The minimum Gasteiger partial charge on any atom is -0.474 e. The van der Waals surface area contributed by atoms with Crippen molar-refractivity contribution in [2.45, 2.75) is 58.0 Å². The molecule has 1 saturated carbocycles. The second-order valence-electron chi connectivity index (χ2n) is 8.41. The Kier molecular flexibility index (Phi) is 5.55. The molecule has 32 heavy (non-hydrogen) atoms. The van der Waals surface area contributed by atoms with Crippen LogP contribution < -0.4 is 20.3 Å². The molecule has 3 heterocycles. The molecule has 2 aromatic rings. The Morgan fingerprint density at radius 1 is 1.25 bits per heavy atom. The summed E-state index contributed by atoms with van der Waals surface area (Å²) in [6.45, 7) is 5.75. The van der Waals surface area contributed by atoms with Gasteiger partial charge < -0.3 is 20.3 Å². The number of carbonyl (C=O) groups excluding carboxylic acids is 1. The highest BCUT2D eigenvalue weighted by molar-refractivity contribution is 6.03. The molecular weight excluding hydrogens is 427 g/mol. The number of carbonyl (C=O) groups is 1. The summed E-state index contributed by atoms with van der Waals surface area (Å²) in [7, 11) is 1.84. The molecule has 0 spiro atoms. The van der Waals surface area contributed by atoms with Crippen LogP contribution in [-0.2, 0) is 11.0 Å². The van der Waals surface area contributed by atoms with Gasteiger partial charge in [0.05, 0.1) is 5.69 Å². The number of fused-ring (bicyclic) bond motifs is 1. The predicted octanol–water partition coefficient (Wildman–Crippen LogP) is 3.03. The van der Waals surface area contributed by atoms with E-state index in [1.54, 1.807) is 6.92 Å². The molecule has 1 aliphatic carbocycles. The molecule has 0 radical (unpaired) electrons. The second kappa shape index (κ2) is 8.06. The lowest BCUT2D eigenvalue weighted by Gasteiger charge is -2.38. The Morgan fingerprint density at radius 3 is 2.62 bits per heavy atom. The van der Waals surface area contributed by atoms with E-state index in [1.165, 1.54) is 0 Å². The number of rotatable bonds is 5. The van der Waals surface area contributed by atoms with Gasteiger partial charge in [0.1, 0.15) is 24.2 Å². The van der Waals surface area contributed by atoms with Gasteiger partial charge in [-0.15, -0.1) is 0 Å². The lowest BCUT2D eigenvalue weighted by atomic mass is 9.89. The maximum absolute atomic E-state index is 12.8. The topological polar surface area (TPSA) is 105 Å². The molecule has 1 atom stereocenters. The van der Waals surface area contributed by atoms with Crippen molar-refractivity contribution in [3.63, 3.8) is 0 Å². The average molecular weight is 451 g/mol. The zero-order chi connectivity index (χ0) is 23.2. The molecule has 2 aliphatic rings. The normalized spacial score (nSPS) is 22.8. The lowest BCUT2D eigenvalue weighted by molar-refractivity contribution is -0.141. The first-order valence-electron chi connectivity index (χ1n) is 10.3. The van der Waals surface area contributed by atoms with Crippen molar-refractivity contribution in [1.82, 2.24) is 19.9 Å². The van der Waals surface area contributed by atoms with Crippen molar-refractivity contribution >= 4 is 23.4 Å². The zero-order valence-corrected chi connectivity index (χ0v) is 18.1. The van der Waals surface area contributed by atoms with Gasteiger partial charge in [0.15, 0.2) is 11.5 Å². The molecule has 0 unspecified atom stereocenters. The van der Waals surface area contributed by atoms with E-state index in [1.807, 2.05) is 25.8 Å². The summed E-state index contributed by atoms with van der Waals surface area (Å²) in [5.41, 5.74) is 0.206. The third-order valence-electron chi connectivity index (χ3n) is 5.62. The highest BCUT2D eigenvalue weighted by Crippen LogP contribution is 2.35. The van der Waals surface area contributed by atoms with Crippen LogP contribution in [0.3, 0.4) is 0 Å². The number of halogens is 3. The fourth-order valence-electron chi connectivity index (χ4n) is 3.97. The fourth-order valence-corrected chi connectivity index (χ4v) is 3.97. The fraction of sp³-hybridized carbons (Fsp3) is 0.550. The number of nitrogens with zero attached hydrogens (tertiary/aromatic N) is 5. The smallest absolute Gasteiger partial charge is 0.433 e. The maximum Gasteiger partial charge on any atom is 0.433 e. The van der Waals surface area contributed by atoms with Crippen molar-refractivity contribution in [1.29, 1.82) is 0 Å². The SMILES string of the molecule is Cc1nc(NC2CC(Oc3cc(C(F)(F)F)ncn3)C2)nc2c1NC(=O)[C@H](C(C)C)N2C. The van der Waals surface area contributed by atoms with Gasteiger partial charge >= 0.3 is 6.18 Å². The van der Waals surface area contributed by atoms with Crippen LogP contribution in [-0.4, -0.2) is 51.1 Å². The maximum atomic E-state index is 12.8. The van der Waals surface area contributed by atoms with Crippen LogP contribution in [0.15, 0.2) is 12.4 Å². The van der Waals surface area contributed by atoms with E-state index >= 15 is 0 Å². The number of hydrogen-bond acceptors (Lipinski definition) is 8. The number of anilines is 3. The Bertz CT molecular complexity index is 1020. The third kappa shape index (κ3) is 4.26. The minimum atomic E-state index is -4.55. The Morgan fingerprint density at radius 2 is 1.97 bits per heavy atom. The number of likely N-dealkylation sites (N-methyl/N-ethyl adjacent to an activating group) is 1. The molecule has 1 fully saturated rings. The van der Waals surface area contributed by atoms with Gasteiger partial charge in [-0.05, 0) is 12.8 Å². The van der Waals surface area contributed by atoms with Crippen LogP contribution in [0.2, 0.25) is 0 Å². The first kappa shape index (κ1) is 22.0. The number of aromatic nitrogens is 4. The van der Waals surface area contributed by atoms with E-state index in [-0.39, 0.29) is 35.9 Å². The number of hydrogen-bond donors (Lipinski definition) is 2. The van der Waals surface area contributed by atoms with Crippen LogP contribution >= 0.6 is 0 Å². The Labute approximate surface area is 182 Å². The molecule has 12 heteroatoms. The van der Waals surface area contributed by atoms with Gasteiger partial charge in [-0.3, -0.25) is 4.79 Å². The van der Waals surface area contributed by atoms with Crippen LogP contribution in [0.25, 0.3) is 0 Å². The molecular formula is C20H24F3N7O2. The first-order valence-corrected chi connectivity index (χ1v) is 10.3. The van der Waals surface area contributed by atoms with E-state index in [0.29, 0.717) is 36.0 Å². The Balaban J connectivity index is 1.40. The second-order valence-corrected chi connectivity index (χ2v) is 8.41. The van der Waals surface area contributed by atoms with Crippen LogP contribution in [0.5, 0.6) is 5.88 Å².